The van der Waals surface area contributed by atoms with Gasteiger partial charge >= 0.3 is 6.18 Å². The Morgan fingerprint density at radius 2 is 1.95 bits per heavy atom. The second-order valence-electron chi connectivity index (χ2n) is 8.36. The number of aromatic amines is 1. The van der Waals surface area contributed by atoms with E-state index in [1.54, 1.807) is 29.1 Å². The van der Waals surface area contributed by atoms with Crippen LogP contribution in [-0.2, 0) is 20.4 Å². The standard InChI is InChI=1S/C23H27F3N6O5/c1-15(9-20(33)32-7-5-31(6-8-32)19-4-3-16(10-27)11-28-19)36-14-17(13-35-2)37-18-12-29-30-22(34)21(18)23(24,25)26/h3-4,11-12,15,17H,5-9,13-14H2,1-2H3,(H,30,34)/t15-,17-/m1/s1. The number of amides is 1. The van der Waals surface area contributed by atoms with Crippen molar-refractivity contribution in [3.05, 3.63) is 46.0 Å². The second-order valence-corrected chi connectivity index (χ2v) is 8.36. The van der Waals surface area contributed by atoms with Crippen LogP contribution in [0, 0.1) is 11.3 Å². The van der Waals surface area contributed by atoms with Crippen molar-refractivity contribution >= 4 is 11.7 Å². The van der Waals surface area contributed by atoms with E-state index in [-0.39, 0.29) is 25.5 Å². The number of rotatable bonds is 10. The van der Waals surface area contributed by atoms with Gasteiger partial charge in [0.25, 0.3) is 5.56 Å². The number of anilines is 1. The summed E-state index contributed by atoms with van der Waals surface area (Å²) in [5.41, 5.74) is -2.45. The maximum absolute atomic E-state index is 13.3. The van der Waals surface area contributed by atoms with Gasteiger partial charge in [0.2, 0.25) is 5.91 Å². The third-order valence-corrected chi connectivity index (χ3v) is 5.61. The molecule has 3 rings (SSSR count). The van der Waals surface area contributed by atoms with E-state index in [4.69, 9.17) is 19.5 Å². The Morgan fingerprint density at radius 3 is 2.54 bits per heavy atom. The van der Waals surface area contributed by atoms with Gasteiger partial charge in [-0.05, 0) is 19.1 Å². The zero-order valence-corrected chi connectivity index (χ0v) is 20.3. The van der Waals surface area contributed by atoms with Crippen molar-refractivity contribution in [1.82, 2.24) is 20.1 Å². The summed E-state index contributed by atoms with van der Waals surface area (Å²) in [6, 6.07) is 5.48. The second kappa shape index (κ2) is 12.5. The van der Waals surface area contributed by atoms with Crippen LogP contribution < -0.4 is 15.2 Å². The summed E-state index contributed by atoms with van der Waals surface area (Å²) in [7, 11) is 1.34. The van der Waals surface area contributed by atoms with E-state index >= 15 is 0 Å². The molecule has 2 aromatic rings. The predicted molar refractivity (Wildman–Crippen MR) is 124 cm³/mol. The molecule has 1 aliphatic heterocycles. The van der Waals surface area contributed by atoms with Crippen molar-refractivity contribution < 1.29 is 32.2 Å². The van der Waals surface area contributed by atoms with Gasteiger partial charge in [-0.15, -0.1) is 0 Å². The molecule has 0 unspecified atom stereocenters. The average Bonchev–Trinajstić information content (AvgIpc) is 2.87. The Morgan fingerprint density at radius 1 is 1.22 bits per heavy atom. The maximum Gasteiger partial charge on any atom is 0.425 e. The number of ether oxygens (including phenoxy) is 3. The van der Waals surface area contributed by atoms with Crippen molar-refractivity contribution in [1.29, 1.82) is 5.26 Å². The molecule has 200 valence electrons. The average molecular weight is 525 g/mol. The van der Waals surface area contributed by atoms with E-state index in [1.165, 1.54) is 13.3 Å². The molecule has 1 N–H and O–H groups in total. The SMILES string of the molecule is COC[C@H](CO[C@H](C)CC(=O)N1CCN(c2ccc(C#N)cn2)CC1)Oc1cn[nH]c(=O)c1C(F)(F)F. The minimum Gasteiger partial charge on any atom is -0.483 e. The molecule has 0 saturated carbocycles. The van der Waals surface area contributed by atoms with Crippen LogP contribution in [0.2, 0.25) is 0 Å². The van der Waals surface area contributed by atoms with Crippen molar-refractivity contribution in [2.45, 2.75) is 31.7 Å². The Hall–Kier alpha value is -3.70. The van der Waals surface area contributed by atoms with Gasteiger partial charge in [-0.1, -0.05) is 0 Å². The molecule has 0 aromatic carbocycles. The van der Waals surface area contributed by atoms with Gasteiger partial charge < -0.3 is 24.0 Å². The molecular formula is C23H27F3N6O5. The highest BCUT2D eigenvalue weighted by molar-refractivity contribution is 5.77. The zero-order valence-electron chi connectivity index (χ0n) is 20.3. The lowest BCUT2D eigenvalue weighted by Gasteiger charge is -2.36. The topological polar surface area (TPSA) is 134 Å². The molecule has 1 amide bonds. The predicted octanol–water partition coefficient (Wildman–Crippen LogP) is 1.59. The summed E-state index contributed by atoms with van der Waals surface area (Å²) in [6.07, 6.45) is -4.13. The van der Waals surface area contributed by atoms with Crippen LogP contribution in [0.3, 0.4) is 0 Å². The number of H-pyrrole nitrogens is 1. The molecule has 14 heteroatoms. The summed E-state index contributed by atoms with van der Waals surface area (Å²) in [5.74, 6) is -0.126. The quantitative estimate of drug-likeness (QED) is 0.492. The zero-order chi connectivity index (χ0) is 27.0. The Labute approximate surface area is 210 Å². The Balaban J connectivity index is 1.50. The normalized spacial score (nSPS) is 15.7. The van der Waals surface area contributed by atoms with Crippen molar-refractivity contribution in [3.63, 3.8) is 0 Å². The Bertz CT molecular complexity index is 1140. The van der Waals surface area contributed by atoms with Gasteiger partial charge in [-0.2, -0.15) is 23.5 Å². The molecule has 3 heterocycles. The molecule has 0 aliphatic carbocycles. The monoisotopic (exact) mass is 524 g/mol. The fourth-order valence-electron chi connectivity index (χ4n) is 3.75. The van der Waals surface area contributed by atoms with E-state index in [0.29, 0.717) is 31.7 Å². The van der Waals surface area contributed by atoms with E-state index in [9.17, 15) is 22.8 Å². The van der Waals surface area contributed by atoms with Crippen LogP contribution in [0.4, 0.5) is 19.0 Å². The van der Waals surface area contributed by atoms with E-state index in [1.807, 2.05) is 11.0 Å². The van der Waals surface area contributed by atoms with Crippen LogP contribution in [-0.4, -0.2) is 84.7 Å². The lowest BCUT2D eigenvalue weighted by Crippen LogP contribution is -2.49. The molecule has 2 atom stereocenters. The van der Waals surface area contributed by atoms with Crippen LogP contribution in [0.15, 0.2) is 29.3 Å². The van der Waals surface area contributed by atoms with E-state index in [0.717, 1.165) is 12.0 Å². The van der Waals surface area contributed by atoms with Crippen molar-refractivity contribution in [2.24, 2.45) is 0 Å². The van der Waals surface area contributed by atoms with E-state index < -0.39 is 35.3 Å². The smallest absolute Gasteiger partial charge is 0.425 e. The number of aromatic nitrogens is 3. The number of hydrogen-bond acceptors (Lipinski definition) is 9. The van der Waals surface area contributed by atoms with Gasteiger partial charge in [0.15, 0.2) is 11.3 Å². The number of nitriles is 1. The minimum atomic E-state index is -4.94. The lowest BCUT2D eigenvalue weighted by atomic mass is 10.2. The number of hydrogen-bond donors (Lipinski definition) is 1. The van der Waals surface area contributed by atoms with Crippen LogP contribution in [0.25, 0.3) is 0 Å². The molecule has 0 radical (unpaired) electrons. The first-order valence-corrected chi connectivity index (χ1v) is 11.4. The van der Waals surface area contributed by atoms with Gasteiger partial charge in [0.1, 0.15) is 18.0 Å². The van der Waals surface area contributed by atoms with E-state index in [2.05, 4.69) is 10.1 Å². The highest BCUT2D eigenvalue weighted by Crippen LogP contribution is 2.33. The first-order valence-electron chi connectivity index (χ1n) is 11.4. The molecule has 1 saturated heterocycles. The largest absolute Gasteiger partial charge is 0.483 e. The number of halogens is 3. The highest BCUT2D eigenvalue weighted by atomic mass is 19.4. The summed E-state index contributed by atoms with van der Waals surface area (Å²) in [6.45, 7) is 3.51. The summed E-state index contributed by atoms with van der Waals surface area (Å²) >= 11 is 0. The first kappa shape index (κ1) is 27.9. The molecule has 0 spiro atoms. The fourth-order valence-corrected chi connectivity index (χ4v) is 3.75. The fraction of sp³-hybridized carbons (Fsp3) is 0.522. The minimum absolute atomic E-state index is 0.0647. The molecule has 2 aromatic heterocycles. The number of carbonyl (C=O) groups is 1. The maximum atomic E-state index is 13.3. The number of pyridine rings is 1. The third-order valence-electron chi connectivity index (χ3n) is 5.61. The molecule has 11 nitrogen and oxygen atoms in total. The number of nitrogens with one attached hydrogen (secondary N) is 1. The molecule has 1 aliphatic rings. The molecular weight excluding hydrogens is 497 g/mol. The van der Waals surface area contributed by atoms with Crippen LogP contribution >= 0.6 is 0 Å². The van der Waals surface area contributed by atoms with Gasteiger partial charge in [0, 0.05) is 39.5 Å². The first-order chi connectivity index (χ1) is 17.6. The van der Waals surface area contributed by atoms with Gasteiger partial charge in [-0.3, -0.25) is 9.59 Å². The number of carbonyl (C=O) groups excluding carboxylic acids is 1. The van der Waals surface area contributed by atoms with Crippen molar-refractivity contribution in [2.75, 3.05) is 51.4 Å². The molecule has 37 heavy (non-hydrogen) atoms. The van der Waals surface area contributed by atoms with Crippen LogP contribution in [0.5, 0.6) is 5.75 Å². The van der Waals surface area contributed by atoms with Gasteiger partial charge in [0.05, 0.1) is 37.5 Å². The molecule has 1 fully saturated rings. The van der Waals surface area contributed by atoms with Gasteiger partial charge in [-0.25, -0.2) is 10.1 Å². The lowest BCUT2D eigenvalue weighted by molar-refractivity contribution is -0.142. The summed E-state index contributed by atoms with van der Waals surface area (Å²) in [5, 5.41) is 14.0. The van der Waals surface area contributed by atoms with Crippen molar-refractivity contribution in [3.8, 4) is 11.8 Å². The third kappa shape index (κ3) is 7.64. The Kier molecular flexibility index (Phi) is 9.42. The number of piperazine rings is 1. The summed E-state index contributed by atoms with van der Waals surface area (Å²) in [4.78, 5) is 32.4. The molecule has 0 bridgehead atoms. The number of methoxy groups -OCH3 is 1. The van der Waals surface area contributed by atoms with Crippen LogP contribution in [0.1, 0.15) is 24.5 Å². The number of nitrogens with zero attached hydrogens (tertiary/aromatic N) is 5. The number of alkyl halides is 3. The summed E-state index contributed by atoms with van der Waals surface area (Å²) < 4.78 is 55.9. The highest BCUT2D eigenvalue weighted by Gasteiger charge is 2.39.